The number of nitrogens with zero attached hydrogens (tertiary/aromatic N) is 2. The van der Waals surface area contributed by atoms with Gasteiger partial charge in [-0.15, -0.1) is 0 Å². The van der Waals surface area contributed by atoms with Gasteiger partial charge in [-0.3, -0.25) is 4.79 Å². The first-order chi connectivity index (χ1) is 10.8. The van der Waals surface area contributed by atoms with Crippen molar-refractivity contribution < 1.29 is 19.1 Å². The summed E-state index contributed by atoms with van der Waals surface area (Å²) >= 11 is 0. The lowest BCUT2D eigenvalue weighted by Gasteiger charge is -2.26. The zero-order chi connectivity index (χ0) is 17.4. The second-order valence-corrected chi connectivity index (χ2v) is 5.53. The fourth-order valence-electron chi connectivity index (χ4n) is 2.05. The molecule has 3 amide bonds. The maximum Gasteiger partial charge on any atom is 0.318 e. The van der Waals surface area contributed by atoms with Gasteiger partial charge in [0.15, 0.2) is 0 Å². The Morgan fingerprint density at radius 2 is 1.87 bits per heavy atom. The van der Waals surface area contributed by atoms with Crippen LogP contribution < -0.4 is 5.32 Å². The van der Waals surface area contributed by atoms with E-state index in [1.807, 2.05) is 0 Å². The minimum absolute atomic E-state index is 0.0423. The third-order valence-corrected chi connectivity index (χ3v) is 3.31. The number of halogens is 1. The normalized spacial score (nSPS) is 11.7. The summed E-state index contributed by atoms with van der Waals surface area (Å²) in [4.78, 5) is 27.1. The van der Waals surface area contributed by atoms with Gasteiger partial charge in [-0.2, -0.15) is 0 Å². The predicted molar refractivity (Wildman–Crippen MR) is 85.2 cm³/mol. The molecule has 0 fully saturated rings. The van der Waals surface area contributed by atoms with Gasteiger partial charge in [0.2, 0.25) is 5.91 Å². The topological polar surface area (TPSA) is 72.9 Å². The van der Waals surface area contributed by atoms with Crippen molar-refractivity contribution in [3.63, 3.8) is 0 Å². The number of nitrogens with one attached hydrogen (secondary N) is 1. The molecule has 128 valence electrons. The Bertz CT molecular complexity index is 520. The number of carbonyl (C=O) groups excluding carboxylic acids is 2. The van der Waals surface area contributed by atoms with Gasteiger partial charge < -0.3 is 20.2 Å². The molecule has 0 heterocycles. The number of carbonyl (C=O) groups is 2. The van der Waals surface area contributed by atoms with Crippen LogP contribution in [0.15, 0.2) is 24.3 Å². The zero-order valence-electron chi connectivity index (χ0n) is 13.8. The molecule has 1 aromatic rings. The van der Waals surface area contributed by atoms with Crippen LogP contribution in [0.2, 0.25) is 0 Å². The molecule has 0 aliphatic rings. The van der Waals surface area contributed by atoms with Crippen LogP contribution in [-0.2, 0) is 11.3 Å². The first-order valence-electron chi connectivity index (χ1n) is 7.47. The van der Waals surface area contributed by atoms with Gasteiger partial charge in [-0.25, -0.2) is 9.18 Å². The lowest BCUT2D eigenvalue weighted by Crippen LogP contribution is -2.49. The van der Waals surface area contributed by atoms with Crippen molar-refractivity contribution in [2.24, 2.45) is 0 Å². The second kappa shape index (κ2) is 9.09. The number of likely N-dealkylation sites (N-methyl/N-ethyl adjacent to an activating group) is 1. The SMILES string of the molecule is C[C@@H](NC(=O)N(CCCO)Cc1ccc(F)cc1)C(=O)N(C)C. The van der Waals surface area contributed by atoms with Crippen LogP contribution in [0.5, 0.6) is 0 Å². The molecular formula is C16H24FN3O3. The second-order valence-electron chi connectivity index (χ2n) is 5.53. The van der Waals surface area contributed by atoms with E-state index < -0.39 is 12.1 Å². The first-order valence-corrected chi connectivity index (χ1v) is 7.47. The minimum Gasteiger partial charge on any atom is -0.396 e. The summed E-state index contributed by atoms with van der Waals surface area (Å²) in [5.74, 6) is -0.549. The average molecular weight is 325 g/mol. The Labute approximate surface area is 135 Å². The molecule has 1 atom stereocenters. The molecule has 1 aromatic carbocycles. The Hall–Kier alpha value is -2.15. The van der Waals surface area contributed by atoms with E-state index in [2.05, 4.69) is 5.32 Å². The van der Waals surface area contributed by atoms with Crippen molar-refractivity contribution in [1.82, 2.24) is 15.1 Å². The van der Waals surface area contributed by atoms with Gasteiger partial charge in [0.1, 0.15) is 11.9 Å². The van der Waals surface area contributed by atoms with Crippen molar-refractivity contribution in [2.45, 2.75) is 25.9 Å². The van der Waals surface area contributed by atoms with Gasteiger partial charge >= 0.3 is 6.03 Å². The Balaban J connectivity index is 2.73. The Morgan fingerprint density at radius 1 is 1.26 bits per heavy atom. The smallest absolute Gasteiger partial charge is 0.318 e. The number of amides is 3. The van der Waals surface area contributed by atoms with E-state index in [0.717, 1.165) is 5.56 Å². The van der Waals surface area contributed by atoms with Crippen molar-refractivity contribution in [3.8, 4) is 0 Å². The van der Waals surface area contributed by atoms with Crippen LogP contribution >= 0.6 is 0 Å². The van der Waals surface area contributed by atoms with Crippen molar-refractivity contribution in [3.05, 3.63) is 35.6 Å². The molecule has 0 aliphatic heterocycles. The number of benzene rings is 1. The molecule has 0 bridgehead atoms. The molecular weight excluding hydrogens is 301 g/mol. The highest BCUT2D eigenvalue weighted by molar-refractivity contribution is 5.86. The summed E-state index contributed by atoms with van der Waals surface area (Å²) < 4.78 is 13.0. The Kier molecular flexibility index (Phi) is 7.47. The minimum atomic E-state index is -0.651. The van der Waals surface area contributed by atoms with Crippen LogP contribution in [-0.4, -0.2) is 60.1 Å². The molecule has 0 saturated heterocycles. The van der Waals surface area contributed by atoms with Gasteiger partial charge in [0, 0.05) is 33.8 Å². The number of aliphatic hydroxyl groups is 1. The van der Waals surface area contributed by atoms with Crippen molar-refractivity contribution in [1.29, 1.82) is 0 Å². The van der Waals surface area contributed by atoms with Crippen LogP contribution in [0.25, 0.3) is 0 Å². The number of hydrogen-bond donors (Lipinski definition) is 2. The highest BCUT2D eigenvalue weighted by Gasteiger charge is 2.21. The summed E-state index contributed by atoms with van der Waals surface area (Å²) in [6.07, 6.45) is 0.421. The molecule has 7 heteroatoms. The van der Waals surface area contributed by atoms with E-state index in [9.17, 15) is 14.0 Å². The zero-order valence-corrected chi connectivity index (χ0v) is 13.8. The van der Waals surface area contributed by atoms with E-state index in [4.69, 9.17) is 5.11 Å². The molecule has 0 saturated carbocycles. The number of aliphatic hydroxyl groups excluding tert-OH is 1. The van der Waals surface area contributed by atoms with Gasteiger partial charge in [-0.05, 0) is 31.0 Å². The van der Waals surface area contributed by atoms with Crippen LogP contribution in [0, 0.1) is 5.82 Å². The van der Waals surface area contributed by atoms with E-state index in [1.54, 1.807) is 33.2 Å². The predicted octanol–water partition coefficient (Wildman–Crippen LogP) is 1.20. The Morgan fingerprint density at radius 3 is 2.39 bits per heavy atom. The first kappa shape index (κ1) is 18.9. The largest absolute Gasteiger partial charge is 0.396 e. The third-order valence-electron chi connectivity index (χ3n) is 3.31. The standard InChI is InChI=1S/C16H24FN3O3/c1-12(15(22)19(2)3)18-16(23)20(9-4-10-21)11-13-5-7-14(17)8-6-13/h5-8,12,21H,4,9-11H2,1-3H3,(H,18,23)/t12-/m1/s1. The lowest BCUT2D eigenvalue weighted by molar-refractivity contribution is -0.130. The summed E-state index contributed by atoms with van der Waals surface area (Å²) in [7, 11) is 3.24. The quantitative estimate of drug-likeness (QED) is 0.791. The number of urea groups is 1. The van der Waals surface area contributed by atoms with E-state index in [-0.39, 0.29) is 24.9 Å². The summed E-state index contributed by atoms with van der Waals surface area (Å²) in [5.41, 5.74) is 0.770. The molecule has 6 nitrogen and oxygen atoms in total. The summed E-state index contributed by atoms with van der Waals surface area (Å²) in [6.45, 7) is 2.18. The number of rotatable bonds is 7. The van der Waals surface area contributed by atoms with Gasteiger partial charge in [0.05, 0.1) is 0 Å². The highest BCUT2D eigenvalue weighted by Crippen LogP contribution is 2.08. The molecule has 23 heavy (non-hydrogen) atoms. The molecule has 2 N–H and O–H groups in total. The molecule has 0 unspecified atom stereocenters. The molecule has 0 aromatic heterocycles. The van der Waals surface area contributed by atoms with Crippen molar-refractivity contribution in [2.75, 3.05) is 27.2 Å². The maximum absolute atomic E-state index is 13.0. The van der Waals surface area contributed by atoms with Crippen molar-refractivity contribution >= 4 is 11.9 Å². The van der Waals surface area contributed by atoms with Gasteiger partial charge in [0.25, 0.3) is 0 Å². The van der Waals surface area contributed by atoms with Crippen LogP contribution in [0.1, 0.15) is 18.9 Å². The highest BCUT2D eigenvalue weighted by atomic mass is 19.1. The lowest BCUT2D eigenvalue weighted by atomic mass is 10.2. The third kappa shape index (κ3) is 6.23. The van der Waals surface area contributed by atoms with Crippen LogP contribution in [0.3, 0.4) is 0 Å². The van der Waals surface area contributed by atoms with E-state index in [0.29, 0.717) is 13.0 Å². The summed E-state index contributed by atoms with van der Waals surface area (Å²) in [6, 6.07) is 4.81. The molecule has 1 rings (SSSR count). The summed E-state index contributed by atoms with van der Waals surface area (Å²) in [5, 5.41) is 11.6. The maximum atomic E-state index is 13.0. The van der Waals surface area contributed by atoms with E-state index >= 15 is 0 Å². The number of hydrogen-bond acceptors (Lipinski definition) is 3. The average Bonchev–Trinajstić information content (AvgIpc) is 2.52. The fourth-order valence-corrected chi connectivity index (χ4v) is 2.05. The molecule has 0 radical (unpaired) electrons. The molecule has 0 spiro atoms. The molecule has 0 aliphatic carbocycles. The van der Waals surface area contributed by atoms with Gasteiger partial charge in [-0.1, -0.05) is 12.1 Å². The van der Waals surface area contributed by atoms with E-state index in [1.165, 1.54) is 21.9 Å². The van der Waals surface area contributed by atoms with Crippen LogP contribution in [0.4, 0.5) is 9.18 Å². The fraction of sp³-hybridized carbons (Fsp3) is 0.500. The monoisotopic (exact) mass is 325 g/mol.